The third-order valence-electron chi connectivity index (χ3n) is 5.07. The van der Waals surface area contributed by atoms with E-state index in [4.69, 9.17) is 4.74 Å². The van der Waals surface area contributed by atoms with Crippen molar-refractivity contribution in [2.75, 3.05) is 37.6 Å². The molecule has 0 aliphatic carbocycles. The van der Waals surface area contributed by atoms with Gasteiger partial charge >= 0.3 is 0 Å². The average Bonchev–Trinajstić information content (AvgIpc) is 3.13. The van der Waals surface area contributed by atoms with E-state index in [1.54, 1.807) is 6.20 Å². The van der Waals surface area contributed by atoms with E-state index in [0.29, 0.717) is 12.1 Å². The highest BCUT2D eigenvalue weighted by Crippen LogP contribution is 2.22. The molecule has 0 aromatic carbocycles. The summed E-state index contributed by atoms with van der Waals surface area (Å²) in [5.41, 5.74) is 0.681. The molecule has 6 nitrogen and oxygen atoms in total. The van der Waals surface area contributed by atoms with Crippen molar-refractivity contribution in [3.8, 4) is 0 Å². The standard InChI is InChI=1S/C19H30N4O2/c1-14(23-12-15(2)25-16(3)13-23)11-21-19(24)17-7-6-8-20-18(17)22-9-4-5-10-22/h6-8,14-16H,4-5,9-13H2,1-3H3,(H,21,24)/t14-,15-,16-/m1/s1. The lowest BCUT2D eigenvalue weighted by molar-refractivity contribution is -0.0778. The number of carbonyl (C=O) groups is 1. The second-order valence-corrected chi connectivity index (χ2v) is 7.34. The predicted octanol–water partition coefficient (Wildman–Crippen LogP) is 1.91. The fourth-order valence-corrected chi connectivity index (χ4v) is 3.80. The molecule has 0 unspecified atom stereocenters. The summed E-state index contributed by atoms with van der Waals surface area (Å²) in [5.74, 6) is 0.787. The molecule has 0 bridgehead atoms. The SMILES string of the molecule is C[C@@H]1CN([C@H](C)CNC(=O)c2cccnc2N2CCCC2)C[C@@H](C)O1. The molecule has 3 rings (SSSR count). The third-order valence-corrected chi connectivity index (χ3v) is 5.07. The van der Waals surface area contributed by atoms with E-state index < -0.39 is 0 Å². The summed E-state index contributed by atoms with van der Waals surface area (Å²) in [6.45, 7) is 10.8. The fourth-order valence-electron chi connectivity index (χ4n) is 3.80. The van der Waals surface area contributed by atoms with Crippen molar-refractivity contribution in [1.82, 2.24) is 15.2 Å². The Hall–Kier alpha value is -1.66. The number of ether oxygens (including phenoxy) is 1. The summed E-state index contributed by atoms with van der Waals surface area (Å²) in [6.07, 6.45) is 4.58. The van der Waals surface area contributed by atoms with E-state index in [1.165, 1.54) is 12.8 Å². The van der Waals surface area contributed by atoms with Gasteiger partial charge in [0.15, 0.2) is 0 Å². The Kier molecular flexibility index (Phi) is 5.91. The zero-order valence-corrected chi connectivity index (χ0v) is 15.6. The normalized spacial score (nSPS) is 25.8. The quantitative estimate of drug-likeness (QED) is 0.883. The summed E-state index contributed by atoms with van der Waals surface area (Å²) in [7, 11) is 0. The molecule has 3 heterocycles. The fraction of sp³-hybridized carbons (Fsp3) is 0.684. The molecule has 2 aliphatic rings. The molecule has 0 saturated carbocycles. The summed E-state index contributed by atoms with van der Waals surface area (Å²) in [5, 5.41) is 3.10. The molecule has 3 atom stereocenters. The maximum absolute atomic E-state index is 12.7. The zero-order valence-electron chi connectivity index (χ0n) is 15.6. The zero-order chi connectivity index (χ0) is 17.8. The number of nitrogens with zero attached hydrogens (tertiary/aromatic N) is 3. The van der Waals surface area contributed by atoms with Gasteiger partial charge in [0.25, 0.3) is 5.91 Å². The van der Waals surface area contributed by atoms with Gasteiger partial charge in [-0.2, -0.15) is 0 Å². The van der Waals surface area contributed by atoms with Crippen LogP contribution in [0.2, 0.25) is 0 Å². The topological polar surface area (TPSA) is 57.7 Å². The van der Waals surface area contributed by atoms with E-state index in [-0.39, 0.29) is 24.2 Å². The van der Waals surface area contributed by atoms with Crippen LogP contribution in [0.1, 0.15) is 44.0 Å². The van der Waals surface area contributed by atoms with Crippen LogP contribution in [0.3, 0.4) is 0 Å². The number of nitrogens with one attached hydrogen (secondary N) is 1. The number of rotatable bonds is 5. The molecule has 2 saturated heterocycles. The van der Waals surface area contributed by atoms with Gasteiger partial charge in [0.2, 0.25) is 0 Å². The van der Waals surface area contributed by atoms with Gasteiger partial charge in [-0.15, -0.1) is 0 Å². The lowest BCUT2D eigenvalue weighted by Gasteiger charge is -2.39. The minimum Gasteiger partial charge on any atom is -0.373 e. The van der Waals surface area contributed by atoms with Crippen LogP contribution in [0.25, 0.3) is 0 Å². The van der Waals surface area contributed by atoms with Gasteiger partial charge in [-0.25, -0.2) is 4.98 Å². The lowest BCUT2D eigenvalue weighted by Crippen LogP contribution is -2.52. The van der Waals surface area contributed by atoms with Crippen molar-refractivity contribution in [3.05, 3.63) is 23.9 Å². The van der Waals surface area contributed by atoms with Gasteiger partial charge in [0.1, 0.15) is 5.82 Å². The van der Waals surface area contributed by atoms with Gasteiger partial charge < -0.3 is 15.0 Å². The number of pyridine rings is 1. The van der Waals surface area contributed by atoms with Crippen molar-refractivity contribution in [2.45, 2.75) is 51.9 Å². The molecular weight excluding hydrogens is 316 g/mol. The van der Waals surface area contributed by atoms with E-state index in [2.05, 4.69) is 40.9 Å². The minimum absolute atomic E-state index is 0.0313. The van der Waals surface area contributed by atoms with E-state index in [9.17, 15) is 4.79 Å². The van der Waals surface area contributed by atoms with Gasteiger partial charge in [-0.05, 0) is 45.7 Å². The Labute approximate surface area is 150 Å². The molecule has 1 aromatic heterocycles. The molecule has 25 heavy (non-hydrogen) atoms. The summed E-state index contributed by atoms with van der Waals surface area (Å²) < 4.78 is 5.79. The van der Waals surface area contributed by atoms with Crippen LogP contribution < -0.4 is 10.2 Å². The van der Waals surface area contributed by atoms with Crippen molar-refractivity contribution in [2.24, 2.45) is 0 Å². The summed E-state index contributed by atoms with van der Waals surface area (Å²) >= 11 is 0. The van der Waals surface area contributed by atoms with Gasteiger partial charge in [0.05, 0.1) is 17.8 Å². The number of aromatic nitrogens is 1. The Balaban J connectivity index is 1.59. The maximum Gasteiger partial charge on any atom is 0.255 e. The van der Waals surface area contributed by atoms with E-state index >= 15 is 0 Å². The molecule has 2 fully saturated rings. The summed E-state index contributed by atoms with van der Waals surface area (Å²) in [4.78, 5) is 21.8. The van der Waals surface area contributed by atoms with Crippen LogP contribution in [0, 0.1) is 0 Å². The van der Waals surface area contributed by atoms with E-state index in [0.717, 1.165) is 32.0 Å². The van der Waals surface area contributed by atoms with E-state index in [1.807, 2.05) is 12.1 Å². The third kappa shape index (κ3) is 4.50. The number of anilines is 1. The molecule has 1 amide bonds. The predicted molar refractivity (Wildman–Crippen MR) is 99.1 cm³/mol. The highest BCUT2D eigenvalue weighted by molar-refractivity contribution is 5.98. The van der Waals surface area contributed by atoms with Crippen molar-refractivity contribution >= 4 is 11.7 Å². The number of amides is 1. The van der Waals surface area contributed by atoms with Crippen LogP contribution in [0.5, 0.6) is 0 Å². The largest absolute Gasteiger partial charge is 0.373 e. The van der Waals surface area contributed by atoms with Crippen LogP contribution in [0.4, 0.5) is 5.82 Å². The molecule has 1 N–H and O–H groups in total. The smallest absolute Gasteiger partial charge is 0.255 e. The first-order valence-corrected chi connectivity index (χ1v) is 9.42. The number of carbonyl (C=O) groups excluding carboxylic acids is 1. The number of morpholine rings is 1. The highest BCUT2D eigenvalue weighted by atomic mass is 16.5. The monoisotopic (exact) mass is 346 g/mol. The van der Waals surface area contributed by atoms with Gasteiger partial charge in [0, 0.05) is 45.0 Å². The first-order valence-electron chi connectivity index (χ1n) is 9.42. The number of hydrogen-bond acceptors (Lipinski definition) is 5. The Bertz CT molecular complexity index is 579. The minimum atomic E-state index is -0.0313. The first kappa shape index (κ1) is 18.1. The molecule has 0 spiro atoms. The first-order chi connectivity index (χ1) is 12.0. The van der Waals surface area contributed by atoms with Gasteiger partial charge in [-0.3, -0.25) is 9.69 Å². The Morgan fingerprint density at radius 2 is 2.00 bits per heavy atom. The van der Waals surface area contributed by atoms with Gasteiger partial charge in [-0.1, -0.05) is 0 Å². The Morgan fingerprint density at radius 1 is 1.32 bits per heavy atom. The van der Waals surface area contributed by atoms with Crippen molar-refractivity contribution < 1.29 is 9.53 Å². The molecule has 0 radical (unpaired) electrons. The second-order valence-electron chi connectivity index (χ2n) is 7.34. The molecule has 138 valence electrons. The van der Waals surface area contributed by atoms with Crippen molar-refractivity contribution in [1.29, 1.82) is 0 Å². The summed E-state index contributed by atoms with van der Waals surface area (Å²) in [6, 6.07) is 3.99. The van der Waals surface area contributed by atoms with Crippen LogP contribution in [0.15, 0.2) is 18.3 Å². The molecular formula is C19H30N4O2. The van der Waals surface area contributed by atoms with Crippen molar-refractivity contribution in [3.63, 3.8) is 0 Å². The highest BCUT2D eigenvalue weighted by Gasteiger charge is 2.26. The molecule has 1 aromatic rings. The maximum atomic E-state index is 12.7. The van der Waals surface area contributed by atoms with Crippen LogP contribution >= 0.6 is 0 Å². The molecule has 2 aliphatic heterocycles. The average molecular weight is 346 g/mol. The van der Waals surface area contributed by atoms with Crippen LogP contribution in [-0.4, -0.2) is 66.8 Å². The second kappa shape index (κ2) is 8.15. The Morgan fingerprint density at radius 3 is 2.68 bits per heavy atom. The van der Waals surface area contributed by atoms with Crippen LogP contribution in [-0.2, 0) is 4.74 Å². The lowest BCUT2D eigenvalue weighted by atomic mass is 10.1. The molecule has 6 heteroatoms. The number of hydrogen-bond donors (Lipinski definition) is 1.